The molecular weight excluding hydrogens is 240 g/mol. The Kier molecular flexibility index (Phi) is 3.43. The van der Waals surface area contributed by atoms with Gasteiger partial charge in [-0.15, -0.1) is 0 Å². The second-order valence-electron chi connectivity index (χ2n) is 4.34. The molecule has 96 valence electrons. The first-order chi connectivity index (χ1) is 8.63. The summed E-state index contributed by atoms with van der Waals surface area (Å²) in [5, 5.41) is 0. The van der Waals surface area contributed by atoms with Crippen LogP contribution in [-0.4, -0.2) is 13.2 Å². The molecule has 0 unspecified atom stereocenters. The van der Waals surface area contributed by atoms with E-state index in [2.05, 4.69) is 4.99 Å². The van der Waals surface area contributed by atoms with Crippen molar-refractivity contribution in [1.82, 2.24) is 0 Å². The van der Waals surface area contributed by atoms with Crippen molar-refractivity contribution in [2.45, 2.75) is 31.2 Å². The Morgan fingerprint density at radius 2 is 2.17 bits per heavy atom. The first-order valence-electron chi connectivity index (χ1n) is 5.68. The Labute approximate surface area is 103 Å². The summed E-state index contributed by atoms with van der Waals surface area (Å²) < 4.78 is 31.1. The van der Waals surface area contributed by atoms with Crippen LogP contribution in [0.1, 0.15) is 36.8 Å². The molecule has 2 rings (SSSR count). The minimum atomic E-state index is -2.59. The van der Waals surface area contributed by atoms with Gasteiger partial charge < -0.3 is 4.74 Å². The van der Waals surface area contributed by atoms with E-state index in [4.69, 9.17) is 4.74 Å². The van der Waals surface area contributed by atoms with Crippen LogP contribution in [0.2, 0.25) is 0 Å². The Morgan fingerprint density at radius 1 is 1.44 bits per heavy atom. The number of carbonyl (C=O) groups excluding carboxylic acids is 1. The topological polar surface area (TPSA) is 38.7 Å². The second-order valence-corrected chi connectivity index (χ2v) is 4.34. The van der Waals surface area contributed by atoms with E-state index in [0.717, 1.165) is 6.42 Å². The quantitative estimate of drug-likeness (QED) is 0.609. The van der Waals surface area contributed by atoms with Crippen LogP contribution in [0.5, 0.6) is 5.75 Å². The largest absolute Gasteiger partial charge is 0.497 e. The minimum Gasteiger partial charge on any atom is -0.497 e. The van der Waals surface area contributed by atoms with E-state index in [9.17, 15) is 13.6 Å². The van der Waals surface area contributed by atoms with Crippen LogP contribution in [0, 0.1) is 0 Å². The van der Waals surface area contributed by atoms with Crippen LogP contribution in [0.3, 0.4) is 0 Å². The summed E-state index contributed by atoms with van der Waals surface area (Å²) in [6, 6.07) is 4.36. The molecule has 0 radical (unpaired) electrons. The van der Waals surface area contributed by atoms with Gasteiger partial charge in [-0.25, -0.2) is 13.6 Å². The van der Waals surface area contributed by atoms with E-state index in [1.807, 2.05) is 0 Å². The van der Waals surface area contributed by atoms with Gasteiger partial charge in [0, 0.05) is 5.56 Å². The van der Waals surface area contributed by atoms with Crippen molar-refractivity contribution < 1.29 is 18.3 Å². The fourth-order valence-corrected chi connectivity index (χ4v) is 2.30. The van der Waals surface area contributed by atoms with Crippen LogP contribution in [-0.2, 0) is 10.3 Å². The number of hydrogen-bond donors (Lipinski definition) is 0. The maximum absolute atomic E-state index is 13.0. The number of alkyl halides is 2. The van der Waals surface area contributed by atoms with E-state index >= 15 is 0 Å². The fourth-order valence-electron chi connectivity index (χ4n) is 2.30. The molecule has 1 saturated carbocycles. The number of rotatable bonds is 4. The van der Waals surface area contributed by atoms with Gasteiger partial charge in [-0.3, -0.25) is 0 Å². The molecule has 0 heterocycles. The van der Waals surface area contributed by atoms with E-state index < -0.39 is 12.0 Å². The summed E-state index contributed by atoms with van der Waals surface area (Å²) in [6.45, 7) is 0. The lowest BCUT2D eigenvalue weighted by atomic mass is 9.71. The molecule has 1 aliphatic rings. The molecule has 3 nitrogen and oxygen atoms in total. The maximum Gasteiger partial charge on any atom is 0.264 e. The van der Waals surface area contributed by atoms with Crippen molar-refractivity contribution >= 4 is 6.08 Å². The van der Waals surface area contributed by atoms with Crippen molar-refractivity contribution in [2.75, 3.05) is 7.11 Å². The number of isocyanates is 1. The predicted octanol–water partition coefficient (Wildman–Crippen LogP) is 3.35. The number of nitrogens with zero attached hydrogens (tertiary/aromatic N) is 1. The highest BCUT2D eigenvalue weighted by Crippen LogP contribution is 2.48. The van der Waals surface area contributed by atoms with E-state index in [0.29, 0.717) is 24.2 Å². The zero-order valence-corrected chi connectivity index (χ0v) is 9.95. The SMILES string of the molecule is COc1ccc(C(F)F)c(C2(N=C=O)CCC2)c1. The smallest absolute Gasteiger partial charge is 0.264 e. The average molecular weight is 253 g/mol. The van der Waals surface area contributed by atoms with Crippen LogP contribution in [0.25, 0.3) is 0 Å². The highest BCUT2D eigenvalue weighted by atomic mass is 19.3. The van der Waals surface area contributed by atoms with Crippen molar-refractivity contribution in [3.05, 3.63) is 29.3 Å². The molecule has 1 aliphatic carbocycles. The highest BCUT2D eigenvalue weighted by Gasteiger charge is 2.41. The van der Waals surface area contributed by atoms with E-state index in [1.54, 1.807) is 6.07 Å². The Hall–Kier alpha value is -1.74. The molecule has 1 aromatic carbocycles. The number of hydrogen-bond acceptors (Lipinski definition) is 3. The number of benzene rings is 1. The van der Waals surface area contributed by atoms with Gasteiger partial charge in [0.25, 0.3) is 6.43 Å². The molecule has 0 atom stereocenters. The Morgan fingerprint density at radius 3 is 2.61 bits per heavy atom. The fraction of sp³-hybridized carbons (Fsp3) is 0.462. The van der Waals surface area contributed by atoms with Crippen LogP contribution in [0.15, 0.2) is 23.2 Å². The summed E-state index contributed by atoms with van der Waals surface area (Å²) in [4.78, 5) is 14.3. The van der Waals surface area contributed by atoms with Gasteiger partial charge in [0.15, 0.2) is 0 Å². The summed E-state index contributed by atoms with van der Waals surface area (Å²) >= 11 is 0. The second kappa shape index (κ2) is 4.86. The van der Waals surface area contributed by atoms with Gasteiger partial charge in [0.05, 0.1) is 12.6 Å². The number of halogens is 2. The molecule has 18 heavy (non-hydrogen) atoms. The average Bonchev–Trinajstić information content (AvgIpc) is 2.33. The van der Waals surface area contributed by atoms with Crippen molar-refractivity contribution in [3.63, 3.8) is 0 Å². The van der Waals surface area contributed by atoms with Crippen molar-refractivity contribution in [1.29, 1.82) is 0 Å². The third-order valence-corrected chi connectivity index (χ3v) is 3.44. The first kappa shape index (κ1) is 12.7. The third kappa shape index (κ3) is 2.02. The molecular formula is C13H13F2NO2. The molecule has 0 amide bonds. The lowest BCUT2D eigenvalue weighted by Crippen LogP contribution is -2.33. The van der Waals surface area contributed by atoms with Crippen molar-refractivity contribution in [3.8, 4) is 5.75 Å². The molecule has 0 spiro atoms. The van der Waals surface area contributed by atoms with Crippen LogP contribution in [0.4, 0.5) is 8.78 Å². The van der Waals surface area contributed by atoms with Gasteiger partial charge >= 0.3 is 0 Å². The van der Waals surface area contributed by atoms with Crippen molar-refractivity contribution in [2.24, 2.45) is 4.99 Å². The van der Waals surface area contributed by atoms with Gasteiger partial charge in [-0.2, -0.15) is 4.99 Å². The Balaban J connectivity index is 2.55. The van der Waals surface area contributed by atoms with E-state index in [1.165, 1.54) is 25.3 Å². The number of aliphatic imine (C=N–C) groups is 1. The zero-order valence-electron chi connectivity index (χ0n) is 9.95. The molecule has 1 aromatic rings. The summed E-state index contributed by atoms with van der Waals surface area (Å²) in [6.07, 6.45) is 0.960. The maximum atomic E-state index is 13.0. The predicted molar refractivity (Wildman–Crippen MR) is 61.6 cm³/mol. The molecule has 0 N–H and O–H groups in total. The van der Waals surface area contributed by atoms with E-state index in [-0.39, 0.29) is 5.56 Å². The summed E-state index contributed by atoms with van der Waals surface area (Å²) in [5.74, 6) is 0.488. The minimum absolute atomic E-state index is 0.0884. The normalized spacial score (nSPS) is 16.9. The molecule has 0 bridgehead atoms. The lowest BCUT2D eigenvalue weighted by molar-refractivity contribution is 0.143. The number of methoxy groups -OCH3 is 1. The zero-order chi connectivity index (χ0) is 13.2. The molecule has 0 aromatic heterocycles. The van der Waals surface area contributed by atoms with Crippen LogP contribution < -0.4 is 4.74 Å². The standard InChI is InChI=1S/C13H13F2NO2/c1-18-9-3-4-10(12(14)15)11(7-9)13(16-8-17)5-2-6-13/h3-4,7,12H,2,5-6H2,1H3. The molecule has 0 saturated heterocycles. The highest BCUT2D eigenvalue weighted by molar-refractivity contribution is 5.46. The third-order valence-electron chi connectivity index (χ3n) is 3.44. The van der Waals surface area contributed by atoms with Crippen LogP contribution >= 0.6 is 0 Å². The molecule has 0 aliphatic heterocycles. The summed E-state index contributed by atoms with van der Waals surface area (Å²) in [7, 11) is 1.47. The first-order valence-corrected chi connectivity index (χ1v) is 5.68. The van der Waals surface area contributed by atoms with Gasteiger partial charge in [0.2, 0.25) is 6.08 Å². The summed E-state index contributed by atoms with van der Waals surface area (Å²) in [5.41, 5.74) is -0.539. The lowest BCUT2D eigenvalue weighted by Gasteiger charge is -2.38. The van der Waals surface area contributed by atoms with Gasteiger partial charge in [-0.05, 0) is 43.0 Å². The molecule has 1 fully saturated rings. The van der Waals surface area contributed by atoms with Gasteiger partial charge in [0.1, 0.15) is 5.75 Å². The molecule has 5 heteroatoms. The Bertz CT molecular complexity index is 492. The van der Waals surface area contributed by atoms with Gasteiger partial charge in [-0.1, -0.05) is 0 Å². The number of ether oxygens (including phenoxy) is 1. The monoisotopic (exact) mass is 253 g/mol.